The monoisotopic (exact) mass is 157 g/mol. The summed E-state index contributed by atoms with van der Waals surface area (Å²) in [6.45, 7) is 5.17. The Labute approximate surface area is 73.7 Å². The first kappa shape index (κ1) is 5.36. The molecular weight excluding hydrogens is 136 g/mol. The smallest absolute Gasteiger partial charge is 0.0782 e. The Kier molecular flexibility index (Phi) is 1.66. The van der Waals surface area contributed by atoms with E-state index in [2.05, 4.69) is 0 Å². The molecule has 3 unspecified atom stereocenters. The van der Waals surface area contributed by atoms with E-state index >= 15 is 0 Å². The highest BCUT2D eigenvalue weighted by Gasteiger charge is 2.25. The number of hydrogen-bond donors (Lipinski definition) is 0. The summed E-state index contributed by atoms with van der Waals surface area (Å²) in [7, 11) is 1.42. The van der Waals surface area contributed by atoms with E-state index in [0.29, 0.717) is 6.42 Å². The van der Waals surface area contributed by atoms with Crippen molar-refractivity contribution in [1.82, 2.24) is 0 Å². The van der Waals surface area contributed by atoms with Gasteiger partial charge in [0.2, 0.25) is 0 Å². The zero-order chi connectivity index (χ0) is 11.2. The molecule has 64 valence electrons. The number of ether oxygens (including phenoxy) is 1. The van der Waals surface area contributed by atoms with E-state index in [-0.39, 0.29) is 0 Å². The van der Waals surface area contributed by atoms with Crippen LogP contribution in [0.3, 0.4) is 0 Å². The van der Waals surface area contributed by atoms with Crippen LogP contribution >= 0.6 is 0 Å². The molecule has 0 saturated heterocycles. The number of methoxy groups -OCH3 is 1. The van der Waals surface area contributed by atoms with Gasteiger partial charge in [-0.25, -0.2) is 0 Å². The summed E-state index contributed by atoms with van der Waals surface area (Å²) in [6, 6.07) is 0. The second kappa shape index (κ2) is 3.40. The van der Waals surface area contributed by atoms with Crippen molar-refractivity contribution < 1.29 is 8.85 Å². The molecule has 11 heavy (non-hydrogen) atoms. The highest BCUT2D eigenvalue weighted by Crippen LogP contribution is 2.30. The van der Waals surface area contributed by atoms with Crippen molar-refractivity contribution in [3.8, 4) is 0 Å². The molecule has 0 heterocycles. The lowest BCUT2D eigenvalue weighted by atomic mass is 9.80. The lowest BCUT2D eigenvalue weighted by Gasteiger charge is -2.31. The van der Waals surface area contributed by atoms with Crippen LogP contribution in [0.5, 0.6) is 0 Å². The molecule has 0 N–H and O–H groups in total. The highest BCUT2D eigenvalue weighted by molar-refractivity contribution is 5.09. The quantitative estimate of drug-likeness (QED) is 0.532. The lowest BCUT2D eigenvalue weighted by Crippen LogP contribution is -2.28. The van der Waals surface area contributed by atoms with Gasteiger partial charge < -0.3 is 4.74 Å². The predicted octanol–water partition coefficient (Wildman–Crippen LogP) is 2.62. The van der Waals surface area contributed by atoms with Gasteiger partial charge in [-0.1, -0.05) is 25.5 Å². The minimum absolute atomic E-state index is 0.525. The van der Waals surface area contributed by atoms with Crippen molar-refractivity contribution >= 4 is 0 Å². The van der Waals surface area contributed by atoms with Crippen LogP contribution in [0, 0.1) is 11.8 Å². The van der Waals surface area contributed by atoms with Gasteiger partial charge in [0.1, 0.15) is 0 Å². The summed E-state index contributed by atoms with van der Waals surface area (Å²) >= 11 is 0. The normalized spacial score (nSPS) is 62.5. The van der Waals surface area contributed by atoms with Crippen LogP contribution in [0.2, 0.25) is 0 Å². The number of hydrogen-bond acceptors (Lipinski definition) is 1. The standard InChI is InChI=1S/C10H18O/c1-7-5-8(2)9(3)10(6-7)11-4/h6,8-10H,5H2,1-4H3/i8D,9D,10D. The van der Waals surface area contributed by atoms with Crippen molar-refractivity contribution in [2.45, 2.75) is 33.3 Å². The zero-order valence-corrected chi connectivity index (χ0v) is 7.69. The Morgan fingerprint density at radius 1 is 1.64 bits per heavy atom. The van der Waals surface area contributed by atoms with Gasteiger partial charge in [0, 0.05) is 9.85 Å². The van der Waals surface area contributed by atoms with Crippen molar-refractivity contribution in [1.29, 1.82) is 0 Å². The molecule has 0 aromatic rings. The molecule has 1 nitrogen and oxygen atoms in total. The van der Waals surface area contributed by atoms with Crippen LogP contribution in [-0.2, 0) is 4.74 Å². The minimum atomic E-state index is -1.41. The van der Waals surface area contributed by atoms with Gasteiger partial charge in [0.25, 0.3) is 0 Å². The van der Waals surface area contributed by atoms with Crippen LogP contribution in [-0.4, -0.2) is 13.2 Å². The lowest BCUT2D eigenvalue weighted by molar-refractivity contribution is 0.0657. The van der Waals surface area contributed by atoms with Crippen molar-refractivity contribution in [3.63, 3.8) is 0 Å². The Balaban J connectivity index is 3.25. The topological polar surface area (TPSA) is 9.23 Å². The second-order valence-electron chi connectivity index (χ2n) is 3.14. The maximum absolute atomic E-state index is 8.13. The van der Waals surface area contributed by atoms with Gasteiger partial charge in [-0.3, -0.25) is 0 Å². The highest BCUT2D eigenvalue weighted by atomic mass is 16.5. The fraction of sp³-hybridized carbons (Fsp3) is 0.800. The summed E-state index contributed by atoms with van der Waals surface area (Å²) in [5.41, 5.74) is 0.948. The van der Waals surface area contributed by atoms with E-state index in [9.17, 15) is 0 Å². The molecule has 1 aliphatic carbocycles. The first-order valence-corrected chi connectivity index (χ1v) is 3.90. The first-order chi connectivity index (χ1) is 6.16. The van der Waals surface area contributed by atoms with Crippen molar-refractivity contribution in [2.75, 3.05) is 7.11 Å². The minimum Gasteiger partial charge on any atom is -0.377 e. The van der Waals surface area contributed by atoms with E-state index in [1.54, 1.807) is 19.9 Å². The van der Waals surface area contributed by atoms with E-state index in [1.807, 2.05) is 6.92 Å². The van der Waals surface area contributed by atoms with Gasteiger partial charge in [-0.2, -0.15) is 0 Å². The predicted molar refractivity (Wildman–Crippen MR) is 47.5 cm³/mol. The third-order valence-electron chi connectivity index (χ3n) is 2.15. The zero-order valence-electron chi connectivity index (χ0n) is 10.7. The Bertz CT molecular complexity index is 271. The molecule has 1 heteroatoms. The molecule has 0 radical (unpaired) electrons. The average molecular weight is 157 g/mol. The average Bonchev–Trinajstić information content (AvgIpc) is 2.00. The first-order valence-electron chi connectivity index (χ1n) is 5.40. The molecule has 0 aromatic carbocycles. The summed E-state index contributed by atoms with van der Waals surface area (Å²) in [4.78, 5) is 0. The molecular formula is C10H18O. The van der Waals surface area contributed by atoms with E-state index < -0.39 is 17.9 Å². The van der Waals surface area contributed by atoms with Crippen molar-refractivity contribution in [3.05, 3.63) is 11.6 Å². The molecule has 1 aliphatic rings. The molecule has 0 spiro atoms. The van der Waals surface area contributed by atoms with E-state index in [4.69, 9.17) is 8.85 Å². The fourth-order valence-electron chi connectivity index (χ4n) is 1.36. The molecule has 0 saturated carbocycles. The van der Waals surface area contributed by atoms with Crippen molar-refractivity contribution in [2.24, 2.45) is 11.8 Å². The third kappa shape index (κ3) is 1.84. The molecule has 0 amide bonds. The molecule has 0 bridgehead atoms. The van der Waals surface area contributed by atoms with Gasteiger partial charge in [-0.05, 0) is 25.1 Å². The summed E-state index contributed by atoms with van der Waals surface area (Å²) in [6.07, 6.45) is 0.763. The van der Waals surface area contributed by atoms with Gasteiger partial charge >= 0.3 is 0 Å². The summed E-state index contributed by atoms with van der Waals surface area (Å²) in [5.74, 6) is -2.24. The SMILES string of the molecule is [2H]C1(C)CC(C)=CC([2H])(OC)C1([2H])C. The second-order valence-corrected chi connectivity index (χ2v) is 3.14. The van der Waals surface area contributed by atoms with E-state index in [0.717, 1.165) is 5.57 Å². The Hall–Kier alpha value is -0.300. The van der Waals surface area contributed by atoms with Gasteiger partial charge in [0.05, 0.1) is 7.45 Å². The van der Waals surface area contributed by atoms with Crippen LogP contribution in [0.25, 0.3) is 0 Å². The molecule has 0 aromatic heterocycles. The Morgan fingerprint density at radius 3 is 2.82 bits per heavy atom. The van der Waals surface area contributed by atoms with Crippen LogP contribution < -0.4 is 0 Å². The molecule has 0 aliphatic heterocycles. The molecule has 3 atom stereocenters. The number of rotatable bonds is 1. The van der Waals surface area contributed by atoms with Crippen LogP contribution in [0.1, 0.15) is 31.3 Å². The maximum Gasteiger partial charge on any atom is 0.0782 e. The largest absolute Gasteiger partial charge is 0.377 e. The number of allylic oxidation sites excluding steroid dienone is 1. The molecule has 1 rings (SSSR count). The Morgan fingerprint density at radius 2 is 2.27 bits per heavy atom. The third-order valence-corrected chi connectivity index (χ3v) is 2.15. The fourth-order valence-corrected chi connectivity index (χ4v) is 1.36. The van der Waals surface area contributed by atoms with Crippen LogP contribution in [0.15, 0.2) is 11.6 Å². The summed E-state index contributed by atoms with van der Waals surface area (Å²) < 4.78 is 29.4. The van der Waals surface area contributed by atoms with Crippen LogP contribution in [0.4, 0.5) is 0 Å². The van der Waals surface area contributed by atoms with Gasteiger partial charge in [-0.15, -0.1) is 0 Å². The maximum atomic E-state index is 8.13. The molecule has 0 fully saturated rings. The van der Waals surface area contributed by atoms with Gasteiger partial charge in [0.15, 0.2) is 0 Å². The summed E-state index contributed by atoms with van der Waals surface area (Å²) in [5, 5.41) is 0. The van der Waals surface area contributed by atoms with E-state index in [1.165, 1.54) is 7.11 Å².